The summed E-state index contributed by atoms with van der Waals surface area (Å²) in [4.78, 5) is 23.6. The van der Waals surface area contributed by atoms with E-state index < -0.39 is 5.91 Å². The molecule has 0 spiro atoms. The van der Waals surface area contributed by atoms with E-state index in [1.807, 2.05) is 6.07 Å². The molecular weight excluding hydrogens is 348 g/mol. The summed E-state index contributed by atoms with van der Waals surface area (Å²) < 4.78 is 15.5. The molecular formula is C20H20N2O5. The van der Waals surface area contributed by atoms with Gasteiger partial charge >= 0.3 is 5.97 Å². The Bertz CT molecular complexity index is 859. The fourth-order valence-electron chi connectivity index (χ4n) is 2.22. The lowest BCUT2D eigenvalue weighted by Crippen LogP contribution is -2.27. The molecule has 0 atom stereocenters. The van der Waals surface area contributed by atoms with Gasteiger partial charge in [0.05, 0.1) is 18.8 Å². The third kappa shape index (κ3) is 5.56. The molecule has 1 heterocycles. The number of furan rings is 1. The second-order valence-electron chi connectivity index (χ2n) is 5.42. The van der Waals surface area contributed by atoms with Gasteiger partial charge in [-0.1, -0.05) is 12.1 Å². The zero-order valence-electron chi connectivity index (χ0n) is 15.2. The van der Waals surface area contributed by atoms with Crippen LogP contribution in [0.25, 0.3) is 17.4 Å². The van der Waals surface area contributed by atoms with Crippen LogP contribution in [0.5, 0.6) is 0 Å². The van der Waals surface area contributed by atoms with Crippen LogP contribution < -0.4 is 5.32 Å². The number of rotatable bonds is 8. The van der Waals surface area contributed by atoms with Crippen molar-refractivity contribution in [3.05, 3.63) is 53.3 Å². The number of carbonyl (C=O) groups excluding carboxylic acids is 2. The van der Waals surface area contributed by atoms with Gasteiger partial charge in [0, 0.05) is 25.3 Å². The highest BCUT2D eigenvalue weighted by Gasteiger charge is 2.11. The lowest BCUT2D eigenvalue weighted by atomic mass is 10.1. The Hall–Kier alpha value is -3.37. The molecule has 0 aliphatic carbocycles. The van der Waals surface area contributed by atoms with Crippen molar-refractivity contribution in [3.63, 3.8) is 0 Å². The van der Waals surface area contributed by atoms with Crippen molar-refractivity contribution in [2.75, 3.05) is 26.9 Å². The molecule has 140 valence electrons. The fraction of sp³-hybridized carbons (Fsp3) is 0.250. The summed E-state index contributed by atoms with van der Waals surface area (Å²) in [6, 6.07) is 12.0. The quantitative estimate of drug-likeness (QED) is 0.333. The van der Waals surface area contributed by atoms with E-state index >= 15 is 0 Å². The smallest absolute Gasteiger partial charge is 0.338 e. The molecule has 27 heavy (non-hydrogen) atoms. The summed E-state index contributed by atoms with van der Waals surface area (Å²) in [5, 5.41) is 11.7. The number of carbonyl (C=O) groups is 2. The van der Waals surface area contributed by atoms with E-state index in [-0.39, 0.29) is 11.5 Å². The first-order valence-corrected chi connectivity index (χ1v) is 8.35. The average molecular weight is 368 g/mol. The van der Waals surface area contributed by atoms with Crippen LogP contribution in [-0.2, 0) is 14.3 Å². The predicted molar refractivity (Wildman–Crippen MR) is 98.6 cm³/mol. The van der Waals surface area contributed by atoms with Crippen molar-refractivity contribution in [1.29, 1.82) is 5.26 Å². The van der Waals surface area contributed by atoms with Crippen molar-refractivity contribution in [2.24, 2.45) is 0 Å². The van der Waals surface area contributed by atoms with Crippen LogP contribution >= 0.6 is 0 Å². The largest absolute Gasteiger partial charge is 0.462 e. The Kier molecular flexibility index (Phi) is 7.35. The Morgan fingerprint density at radius 1 is 1.22 bits per heavy atom. The molecule has 1 N–H and O–H groups in total. The molecule has 0 unspecified atom stereocenters. The summed E-state index contributed by atoms with van der Waals surface area (Å²) in [6.45, 7) is 2.73. The molecule has 0 fully saturated rings. The monoisotopic (exact) mass is 368 g/mol. The summed E-state index contributed by atoms with van der Waals surface area (Å²) in [7, 11) is 1.52. The molecule has 0 bridgehead atoms. The van der Waals surface area contributed by atoms with Gasteiger partial charge in [0.25, 0.3) is 5.91 Å². The Morgan fingerprint density at radius 2 is 1.96 bits per heavy atom. The number of nitrogens with zero attached hydrogens (tertiary/aromatic N) is 1. The summed E-state index contributed by atoms with van der Waals surface area (Å²) in [5.41, 5.74) is 1.14. The topological polar surface area (TPSA) is 102 Å². The predicted octanol–water partition coefficient (Wildman–Crippen LogP) is 2.79. The maximum Gasteiger partial charge on any atom is 0.338 e. The number of esters is 1. The molecule has 2 rings (SSSR count). The maximum absolute atomic E-state index is 11.9. The van der Waals surface area contributed by atoms with Gasteiger partial charge in [-0.25, -0.2) is 4.79 Å². The molecule has 0 saturated heterocycles. The van der Waals surface area contributed by atoms with Crippen molar-refractivity contribution < 1.29 is 23.5 Å². The third-order valence-corrected chi connectivity index (χ3v) is 3.55. The molecule has 0 aliphatic heterocycles. The van der Waals surface area contributed by atoms with Crippen LogP contribution in [0.1, 0.15) is 23.0 Å². The number of amides is 1. The third-order valence-electron chi connectivity index (χ3n) is 3.55. The molecule has 1 amide bonds. The fourth-order valence-corrected chi connectivity index (χ4v) is 2.22. The van der Waals surface area contributed by atoms with E-state index in [0.29, 0.717) is 36.8 Å². The van der Waals surface area contributed by atoms with Crippen molar-refractivity contribution >= 4 is 18.0 Å². The van der Waals surface area contributed by atoms with E-state index in [0.717, 1.165) is 5.56 Å². The van der Waals surface area contributed by atoms with Gasteiger partial charge in [-0.15, -0.1) is 0 Å². The lowest BCUT2D eigenvalue weighted by Gasteiger charge is -2.03. The van der Waals surface area contributed by atoms with Crippen LogP contribution in [0.15, 0.2) is 46.4 Å². The SMILES string of the molecule is CCOC(=O)c1ccc(-c2ccc(C=C(C#N)C(=O)NCCOC)o2)cc1. The standard InChI is InChI=1S/C20H20N2O5/c1-3-26-20(24)15-6-4-14(5-7-15)18-9-8-17(27-18)12-16(13-21)19(23)22-10-11-25-2/h4-9,12H,3,10-11H2,1-2H3,(H,22,23). The van der Waals surface area contributed by atoms with Crippen molar-refractivity contribution in [3.8, 4) is 17.4 Å². The molecule has 2 aromatic rings. The summed E-state index contributed by atoms with van der Waals surface area (Å²) in [5.74, 6) is 0.0446. The Balaban J connectivity index is 2.12. The highest BCUT2D eigenvalue weighted by Crippen LogP contribution is 2.24. The molecule has 7 nitrogen and oxygen atoms in total. The van der Waals surface area contributed by atoms with Crippen molar-refractivity contribution in [2.45, 2.75) is 6.92 Å². The van der Waals surface area contributed by atoms with Crippen LogP contribution in [0.4, 0.5) is 0 Å². The number of ether oxygens (including phenoxy) is 2. The summed E-state index contributed by atoms with van der Waals surface area (Å²) in [6.07, 6.45) is 1.37. The minimum Gasteiger partial charge on any atom is -0.462 e. The number of nitrogens with one attached hydrogen (secondary N) is 1. The van der Waals surface area contributed by atoms with Crippen LogP contribution in [0.3, 0.4) is 0 Å². The van der Waals surface area contributed by atoms with Gasteiger partial charge < -0.3 is 19.2 Å². The Morgan fingerprint density at radius 3 is 2.59 bits per heavy atom. The molecule has 0 aliphatic rings. The van der Waals surface area contributed by atoms with Crippen LogP contribution in [0, 0.1) is 11.3 Å². The van der Waals surface area contributed by atoms with Gasteiger partial charge in [-0.2, -0.15) is 5.26 Å². The normalized spacial score (nSPS) is 10.9. The molecule has 7 heteroatoms. The average Bonchev–Trinajstić information content (AvgIpc) is 3.15. The maximum atomic E-state index is 11.9. The first-order valence-electron chi connectivity index (χ1n) is 8.35. The van der Waals surface area contributed by atoms with Gasteiger partial charge in [0.2, 0.25) is 0 Å². The minimum absolute atomic E-state index is 0.0651. The number of methoxy groups -OCH3 is 1. The highest BCUT2D eigenvalue weighted by atomic mass is 16.5. The van der Waals surface area contributed by atoms with E-state index in [2.05, 4.69) is 5.32 Å². The Labute approximate surface area is 157 Å². The zero-order chi connectivity index (χ0) is 19.6. The first-order chi connectivity index (χ1) is 13.1. The number of hydrogen-bond donors (Lipinski definition) is 1. The van der Waals surface area contributed by atoms with Crippen LogP contribution in [0.2, 0.25) is 0 Å². The number of hydrogen-bond acceptors (Lipinski definition) is 6. The molecule has 1 aromatic carbocycles. The van der Waals surface area contributed by atoms with E-state index in [4.69, 9.17) is 19.2 Å². The van der Waals surface area contributed by atoms with E-state index in [1.54, 1.807) is 43.3 Å². The second-order valence-corrected chi connectivity index (χ2v) is 5.42. The lowest BCUT2D eigenvalue weighted by molar-refractivity contribution is -0.117. The number of benzene rings is 1. The van der Waals surface area contributed by atoms with Gasteiger partial charge in [0.1, 0.15) is 23.2 Å². The number of nitriles is 1. The molecule has 0 radical (unpaired) electrons. The minimum atomic E-state index is -0.494. The molecule has 0 saturated carbocycles. The first kappa shape index (κ1) is 19.9. The van der Waals surface area contributed by atoms with E-state index in [9.17, 15) is 9.59 Å². The van der Waals surface area contributed by atoms with Gasteiger partial charge in [-0.05, 0) is 31.2 Å². The van der Waals surface area contributed by atoms with Crippen LogP contribution in [-0.4, -0.2) is 38.7 Å². The van der Waals surface area contributed by atoms with Gasteiger partial charge in [-0.3, -0.25) is 4.79 Å². The molecule has 1 aromatic heterocycles. The zero-order valence-corrected chi connectivity index (χ0v) is 15.2. The second kappa shape index (κ2) is 9.94. The highest BCUT2D eigenvalue weighted by molar-refractivity contribution is 6.01. The van der Waals surface area contributed by atoms with Gasteiger partial charge in [0.15, 0.2) is 0 Å². The van der Waals surface area contributed by atoms with Crippen molar-refractivity contribution in [1.82, 2.24) is 5.32 Å². The van der Waals surface area contributed by atoms with E-state index in [1.165, 1.54) is 13.2 Å². The summed E-state index contributed by atoms with van der Waals surface area (Å²) >= 11 is 0.